The Morgan fingerprint density at radius 2 is 1.89 bits per heavy atom. The van der Waals surface area contributed by atoms with E-state index in [4.69, 9.17) is 0 Å². The molecule has 0 spiro atoms. The van der Waals surface area contributed by atoms with Crippen molar-refractivity contribution in [3.63, 3.8) is 0 Å². The van der Waals surface area contributed by atoms with Crippen LogP contribution in [0.5, 0.6) is 0 Å². The van der Waals surface area contributed by atoms with E-state index in [1.165, 1.54) is 12.1 Å². The van der Waals surface area contributed by atoms with Crippen molar-refractivity contribution in [2.45, 2.75) is 58.7 Å². The van der Waals surface area contributed by atoms with Crippen LogP contribution in [0.1, 0.15) is 47.7 Å². The molecule has 0 saturated heterocycles. The molecule has 4 heterocycles. The number of halogens is 3. The number of carbonyl (C=O) groups is 1. The van der Waals surface area contributed by atoms with Gasteiger partial charge in [-0.25, -0.2) is 14.5 Å². The predicted molar refractivity (Wildman–Crippen MR) is 123 cm³/mol. The summed E-state index contributed by atoms with van der Waals surface area (Å²) in [5, 5.41) is 6.42. The number of amides is 1. The molecule has 1 aliphatic rings. The van der Waals surface area contributed by atoms with Crippen LogP contribution < -0.4 is 5.32 Å². The number of anilines is 1. The van der Waals surface area contributed by atoms with E-state index < -0.39 is 12.0 Å². The maximum atomic E-state index is 13.0. The van der Waals surface area contributed by atoms with Crippen LogP contribution in [0.3, 0.4) is 0 Å². The van der Waals surface area contributed by atoms with Gasteiger partial charge in [-0.1, -0.05) is 0 Å². The number of hydrogen-bond donors (Lipinski definition) is 1. The number of imidazole rings is 1. The Hall–Kier alpha value is -3.76. The molecule has 0 saturated carbocycles. The minimum Gasteiger partial charge on any atom is -0.328 e. The van der Waals surface area contributed by atoms with E-state index in [-0.39, 0.29) is 18.1 Å². The van der Waals surface area contributed by atoms with Crippen molar-refractivity contribution in [2.75, 3.05) is 5.32 Å². The average molecular weight is 483 g/mol. The summed E-state index contributed by atoms with van der Waals surface area (Å²) in [5.74, 6) is -0.612. The first kappa shape index (κ1) is 23.0. The lowest BCUT2D eigenvalue weighted by Gasteiger charge is -2.16. The third-order valence-electron chi connectivity index (χ3n) is 6.33. The smallest absolute Gasteiger partial charge is 0.328 e. The molecule has 0 unspecified atom stereocenters. The summed E-state index contributed by atoms with van der Waals surface area (Å²) in [6.45, 7) is 4.31. The molecule has 5 rings (SSSR count). The third kappa shape index (κ3) is 4.50. The maximum absolute atomic E-state index is 13.0. The number of carbonyl (C=O) groups excluding carboxylic acids is 1. The second-order valence-corrected chi connectivity index (χ2v) is 8.71. The zero-order valence-corrected chi connectivity index (χ0v) is 19.4. The molecule has 8 nitrogen and oxygen atoms in total. The van der Waals surface area contributed by atoms with Gasteiger partial charge >= 0.3 is 6.18 Å². The maximum Gasteiger partial charge on any atom is 0.453 e. The normalized spacial score (nSPS) is 13.7. The Labute approximate surface area is 199 Å². The molecule has 4 aromatic rings. The number of alkyl halides is 3. The monoisotopic (exact) mass is 483 g/mol. The van der Waals surface area contributed by atoms with Crippen LogP contribution in [0.15, 0.2) is 30.5 Å². The molecule has 0 atom stereocenters. The lowest BCUT2D eigenvalue weighted by Crippen LogP contribution is -2.14. The SMILES string of the molecule is Cc1nc2nc(C(F)(F)F)nn2c(C)c1CCC(=O)Nc1ccc(-c2ncc3n2CCCC3)cc1. The zero-order chi connectivity index (χ0) is 24.7. The summed E-state index contributed by atoms with van der Waals surface area (Å²) in [6, 6.07) is 7.57. The van der Waals surface area contributed by atoms with E-state index in [9.17, 15) is 18.0 Å². The quantitative estimate of drug-likeness (QED) is 0.451. The van der Waals surface area contributed by atoms with Gasteiger partial charge in [0.15, 0.2) is 0 Å². The fraction of sp³-hybridized carbons (Fsp3) is 0.375. The fourth-order valence-electron chi connectivity index (χ4n) is 4.52. The molecule has 1 aliphatic heterocycles. The molecule has 0 aliphatic carbocycles. The van der Waals surface area contributed by atoms with Gasteiger partial charge < -0.3 is 9.88 Å². The Balaban J connectivity index is 1.26. The van der Waals surface area contributed by atoms with Crippen LogP contribution in [0.2, 0.25) is 0 Å². The van der Waals surface area contributed by atoms with Gasteiger partial charge in [0.2, 0.25) is 5.91 Å². The standard InChI is InChI=1S/C24H24F3N7O/c1-14-19(15(2)34-23(29-14)31-22(32-34)24(25,26)27)10-11-20(35)30-17-8-6-16(7-9-17)21-28-13-18-5-3-4-12-33(18)21/h6-9,13H,3-5,10-12H2,1-2H3,(H,30,35). The van der Waals surface area contributed by atoms with E-state index in [1.807, 2.05) is 30.5 Å². The Kier molecular flexibility index (Phi) is 5.78. The Morgan fingerprint density at radius 3 is 2.63 bits per heavy atom. The van der Waals surface area contributed by atoms with Gasteiger partial charge in [-0.2, -0.15) is 18.2 Å². The minimum atomic E-state index is -4.65. The molecule has 1 aromatic carbocycles. The van der Waals surface area contributed by atoms with Crippen molar-refractivity contribution in [2.24, 2.45) is 0 Å². The van der Waals surface area contributed by atoms with Crippen LogP contribution in [0.25, 0.3) is 17.2 Å². The number of aryl methyl sites for hydroxylation is 3. The van der Waals surface area contributed by atoms with Gasteiger partial charge in [-0.15, -0.1) is 5.10 Å². The highest BCUT2D eigenvalue weighted by molar-refractivity contribution is 5.91. The van der Waals surface area contributed by atoms with E-state index in [1.54, 1.807) is 13.8 Å². The van der Waals surface area contributed by atoms with Gasteiger partial charge in [0, 0.05) is 47.5 Å². The van der Waals surface area contributed by atoms with Crippen molar-refractivity contribution < 1.29 is 18.0 Å². The van der Waals surface area contributed by atoms with Gasteiger partial charge in [-0.05, 0) is 69.4 Å². The van der Waals surface area contributed by atoms with E-state index >= 15 is 0 Å². The molecule has 35 heavy (non-hydrogen) atoms. The lowest BCUT2D eigenvalue weighted by molar-refractivity contribution is -0.144. The first-order valence-electron chi connectivity index (χ1n) is 11.5. The number of fused-ring (bicyclic) bond motifs is 2. The Morgan fingerprint density at radius 1 is 1.11 bits per heavy atom. The second-order valence-electron chi connectivity index (χ2n) is 8.71. The number of rotatable bonds is 5. The topological polar surface area (TPSA) is 90.0 Å². The van der Waals surface area contributed by atoms with Gasteiger partial charge in [-0.3, -0.25) is 4.79 Å². The molecule has 11 heteroatoms. The van der Waals surface area contributed by atoms with Crippen LogP contribution in [0, 0.1) is 13.8 Å². The minimum absolute atomic E-state index is 0.112. The highest BCUT2D eigenvalue weighted by Gasteiger charge is 2.37. The third-order valence-corrected chi connectivity index (χ3v) is 6.33. The van der Waals surface area contributed by atoms with E-state index in [0.29, 0.717) is 29.1 Å². The molecule has 0 fully saturated rings. The summed E-state index contributed by atoms with van der Waals surface area (Å²) in [7, 11) is 0. The molecular formula is C24H24F3N7O. The molecule has 3 aromatic heterocycles. The first-order chi connectivity index (χ1) is 16.7. The molecular weight excluding hydrogens is 459 g/mol. The van der Waals surface area contributed by atoms with Crippen molar-refractivity contribution >= 4 is 17.4 Å². The number of aromatic nitrogens is 6. The molecule has 1 amide bonds. The van der Waals surface area contributed by atoms with Crippen LogP contribution in [-0.2, 0) is 30.4 Å². The molecule has 0 bridgehead atoms. The van der Waals surface area contributed by atoms with Crippen LogP contribution >= 0.6 is 0 Å². The van der Waals surface area contributed by atoms with Gasteiger partial charge in [0.25, 0.3) is 11.6 Å². The average Bonchev–Trinajstić information content (AvgIpc) is 3.44. The fourth-order valence-corrected chi connectivity index (χ4v) is 4.52. The molecule has 182 valence electrons. The summed E-state index contributed by atoms with van der Waals surface area (Å²) >= 11 is 0. The van der Waals surface area contributed by atoms with Crippen molar-refractivity contribution in [1.29, 1.82) is 0 Å². The number of benzene rings is 1. The van der Waals surface area contributed by atoms with Crippen LogP contribution in [0.4, 0.5) is 18.9 Å². The Bertz CT molecular complexity index is 1400. The predicted octanol–water partition coefficient (Wildman–Crippen LogP) is 4.53. The van der Waals surface area contributed by atoms with E-state index in [0.717, 1.165) is 35.3 Å². The highest BCUT2D eigenvalue weighted by Crippen LogP contribution is 2.28. The summed E-state index contributed by atoms with van der Waals surface area (Å²) < 4.78 is 42.3. The lowest BCUT2D eigenvalue weighted by atomic mass is 10.1. The molecule has 1 N–H and O–H groups in total. The van der Waals surface area contributed by atoms with Crippen molar-refractivity contribution in [3.05, 3.63) is 58.9 Å². The van der Waals surface area contributed by atoms with Gasteiger partial charge in [0.1, 0.15) is 5.82 Å². The molecule has 0 radical (unpaired) electrons. The number of hydrogen-bond acceptors (Lipinski definition) is 5. The van der Waals surface area contributed by atoms with Crippen molar-refractivity contribution in [1.82, 2.24) is 29.1 Å². The summed E-state index contributed by atoms with van der Waals surface area (Å²) in [5.41, 5.74) is 4.59. The van der Waals surface area contributed by atoms with Gasteiger partial charge in [0.05, 0.1) is 0 Å². The number of nitrogens with one attached hydrogen (secondary N) is 1. The number of nitrogens with zero attached hydrogens (tertiary/aromatic N) is 6. The van der Waals surface area contributed by atoms with E-state index in [2.05, 4.69) is 29.9 Å². The zero-order valence-electron chi connectivity index (χ0n) is 19.4. The van der Waals surface area contributed by atoms with Crippen molar-refractivity contribution in [3.8, 4) is 11.4 Å². The second kappa shape index (κ2) is 8.79. The largest absolute Gasteiger partial charge is 0.453 e. The summed E-state index contributed by atoms with van der Waals surface area (Å²) in [4.78, 5) is 24.8. The summed E-state index contributed by atoms with van der Waals surface area (Å²) in [6.07, 6.45) is 1.11. The first-order valence-corrected chi connectivity index (χ1v) is 11.5. The van der Waals surface area contributed by atoms with Crippen LogP contribution in [-0.4, -0.2) is 35.0 Å². The highest BCUT2D eigenvalue weighted by atomic mass is 19.4.